The largest absolute Gasteiger partial charge is 0.489 e. The van der Waals surface area contributed by atoms with E-state index in [1.165, 1.54) is 5.56 Å². The predicted molar refractivity (Wildman–Crippen MR) is 175 cm³/mol. The van der Waals surface area contributed by atoms with E-state index in [0.29, 0.717) is 19.7 Å². The summed E-state index contributed by atoms with van der Waals surface area (Å²) in [5.41, 5.74) is 6.88. The minimum atomic E-state index is -0.655. The molecule has 0 spiro atoms. The van der Waals surface area contributed by atoms with Crippen LogP contribution in [0, 0.1) is 6.92 Å². The Kier molecular flexibility index (Phi) is 10.9. The summed E-state index contributed by atoms with van der Waals surface area (Å²) in [5.74, 6) is 0.682. The lowest BCUT2D eigenvalue weighted by Crippen LogP contribution is -2.30. The molecule has 6 heteroatoms. The summed E-state index contributed by atoms with van der Waals surface area (Å²) in [5, 5.41) is 14.2. The molecule has 1 heterocycles. The SMILES string of the molecule is Cc1c(CCN(Cc2ccccc2)CC(O)c2ccc(OCc3ccccc3)cc2)ccnc1CC(=O)Nc1ccccc1. The third-order valence-corrected chi connectivity index (χ3v) is 7.70. The third kappa shape index (κ3) is 9.11. The first-order valence-electron chi connectivity index (χ1n) is 15.0. The fraction of sp³-hybridized carbons (Fsp3) is 0.211. The van der Waals surface area contributed by atoms with Gasteiger partial charge >= 0.3 is 0 Å². The molecule has 4 aromatic carbocycles. The van der Waals surface area contributed by atoms with Gasteiger partial charge in [-0.15, -0.1) is 0 Å². The van der Waals surface area contributed by atoms with E-state index in [1.54, 1.807) is 6.20 Å². The van der Waals surface area contributed by atoms with Crippen LogP contribution in [0.5, 0.6) is 5.75 Å². The summed E-state index contributed by atoms with van der Waals surface area (Å²) in [4.78, 5) is 19.5. The lowest BCUT2D eigenvalue weighted by atomic mass is 10.0. The maximum Gasteiger partial charge on any atom is 0.230 e. The topological polar surface area (TPSA) is 74.7 Å². The smallest absolute Gasteiger partial charge is 0.230 e. The van der Waals surface area contributed by atoms with Crippen LogP contribution in [0.1, 0.15) is 39.6 Å². The number of nitrogens with one attached hydrogen (secondary N) is 1. The molecule has 0 aliphatic heterocycles. The number of para-hydroxylation sites is 1. The number of anilines is 1. The van der Waals surface area contributed by atoms with Crippen LogP contribution in [0.25, 0.3) is 0 Å². The molecular formula is C38H39N3O3. The maximum absolute atomic E-state index is 12.7. The van der Waals surface area contributed by atoms with Gasteiger partial charge in [-0.25, -0.2) is 0 Å². The average molecular weight is 586 g/mol. The minimum absolute atomic E-state index is 0.0886. The molecule has 1 atom stereocenters. The molecule has 5 aromatic rings. The Balaban J connectivity index is 1.22. The number of pyridine rings is 1. The molecular weight excluding hydrogens is 546 g/mol. The standard InChI is InChI=1S/C38H39N3O3/c1-29-32(21-23-39-36(29)25-38(43)40-34-15-9-4-10-16-34)22-24-41(26-30-11-5-2-6-12-30)27-37(42)33-17-19-35(20-18-33)44-28-31-13-7-3-8-14-31/h2-21,23,37,42H,22,24-28H2,1H3,(H,40,43). The van der Waals surface area contributed by atoms with Gasteiger partial charge in [-0.1, -0.05) is 91.0 Å². The number of aliphatic hydroxyl groups excluding tert-OH is 1. The number of ether oxygens (including phenoxy) is 1. The number of hydrogen-bond donors (Lipinski definition) is 2. The molecule has 1 unspecified atom stereocenters. The second-order valence-corrected chi connectivity index (χ2v) is 11.0. The number of carbonyl (C=O) groups is 1. The van der Waals surface area contributed by atoms with Crippen LogP contribution < -0.4 is 10.1 Å². The Hall–Kier alpha value is -4.78. The van der Waals surface area contributed by atoms with Gasteiger partial charge in [0, 0.05) is 31.5 Å². The highest BCUT2D eigenvalue weighted by Crippen LogP contribution is 2.22. The molecule has 0 fully saturated rings. The van der Waals surface area contributed by atoms with E-state index < -0.39 is 6.10 Å². The molecule has 6 nitrogen and oxygen atoms in total. The Morgan fingerprint density at radius 3 is 2.16 bits per heavy atom. The minimum Gasteiger partial charge on any atom is -0.489 e. The zero-order valence-corrected chi connectivity index (χ0v) is 25.1. The monoisotopic (exact) mass is 585 g/mol. The Morgan fingerprint density at radius 2 is 1.48 bits per heavy atom. The van der Waals surface area contributed by atoms with E-state index in [2.05, 4.69) is 27.3 Å². The summed E-state index contributed by atoms with van der Waals surface area (Å²) in [7, 11) is 0. The Morgan fingerprint density at radius 1 is 0.841 bits per heavy atom. The highest BCUT2D eigenvalue weighted by Gasteiger charge is 2.17. The van der Waals surface area contributed by atoms with Gasteiger partial charge in [-0.3, -0.25) is 14.7 Å². The van der Waals surface area contributed by atoms with Crippen LogP contribution in [0.3, 0.4) is 0 Å². The van der Waals surface area contributed by atoms with Crippen LogP contribution in [0.15, 0.2) is 128 Å². The summed E-state index contributed by atoms with van der Waals surface area (Å²) in [6, 6.07) is 39.6. The summed E-state index contributed by atoms with van der Waals surface area (Å²) >= 11 is 0. The summed E-state index contributed by atoms with van der Waals surface area (Å²) in [6.07, 6.45) is 2.11. The molecule has 0 aliphatic rings. The van der Waals surface area contributed by atoms with E-state index in [-0.39, 0.29) is 12.3 Å². The molecule has 0 radical (unpaired) electrons. The highest BCUT2D eigenvalue weighted by molar-refractivity contribution is 5.92. The van der Waals surface area contributed by atoms with Gasteiger partial charge in [-0.2, -0.15) is 0 Å². The van der Waals surface area contributed by atoms with Crippen molar-refractivity contribution in [2.24, 2.45) is 0 Å². The maximum atomic E-state index is 12.7. The van der Waals surface area contributed by atoms with Gasteiger partial charge in [0.25, 0.3) is 0 Å². The van der Waals surface area contributed by atoms with Crippen molar-refractivity contribution in [2.75, 3.05) is 18.4 Å². The lowest BCUT2D eigenvalue weighted by Gasteiger charge is -2.26. The number of benzene rings is 4. The van der Waals surface area contributed by atoms with Crippen molar-refractivity contribution >= 4 is 11.6 Å². The molecule has 2 N–H and O–H groups in total. The molecule has 5 rings (SSSR count). The third-order valence-electron chi connectivity index (χ3n) is 7.70. The molecule has 0 aliphatic carbocycles. The van der Waals surface area contributed by atoms with E-state index >= 15 is 0 Å². The lowest BCUT2D eigenvalue weighted by molar-refractivity contribution is -0.115. The second kappa shape index (κ2) is 15.6. The van der Waals surface area contributed by atoms with Crippen molar-refractivity contribution in [1.82, 2.24) is 9.88 Å². The second-order valence-electron chi connectivity index (χ2n) is 11.0. The number of amides is 1. The van der Waals surface area contributed by atoms with Crippen LogP contribution in [-0.4, -0.2) is 34.0 Å². The van der Waals surface area contributed by atoms with Gasteiger partial charge in [0.15, 0.2) is 0 Å². The first kappa shape index (κ1) is 30.7. The van der Waals surface area contributed by atoms with Gasteiger partial charge in [0.1, 0.15) is 12.4 Å². The number of aromatic nitrogens is 1. The van der Waals surface area contributed by atoms with Crippen LogP contribution in [0.4, 0.5) is 5.69 Å². The highest BCUT2D eigenvalue weighted by atomic mass is 16.5. The average Bonchev–Trinajstić information content (AvgIpc) is 3.05. The fourth-order valence-corrected chi connectivity index (χ4v) is 5.18. The molecule has 1 aromatic heterocycles. The molecule has 44 heavy (non-hydrogen) atoms. The van der Waals surface area contributed by atoms with Gasteiger partial charge in [0.2, 0.25) is 5.91 Å². The molecule has 224 valence electrons. The normalized spacial score (nSPS) is 11.7. The zero-order chi connectivity index (χ0) is 30.6. The van der Waals surface area contributed by atoms with Gasteiger partial charge in [0.05, 0.1) is 18.2 Å². The number of nitrogens with zero attached hydrogens (tertiary/aromatic N) is 2. The van der Waals surface area contributed by atoms with Crippen LogP contribution >= 0.6 is 0 Å². The van der Waals surface area contributed by atoms with Crippen LogP contribution in [0.2, 0.25) is 0 Å². The molecule has 0 bridgehead atoms. The molecule has 0 saturated heterocycles. The van der Waals surface area contributed by atoms with Crippen molar-refractivity contribution in [3.8, 4) is 5.75 Å². The number of rotatable bonds is 14. The molecule has 0 saturated carbocycles. The van der Waals surface area contributed by atoms with E-state index in [4.69, 9.17) is 4.74 Å². The fourth-order valence-electron chi connectivity index (χ4n) is 5.18. The summed E-state index contributed by atoms with van der Waals surface area (Å²) < 4.78 is 5.93. The van der Waals surface area contributed by atoms with Gasteiger partial charge in [-0.05, 0) is 71.5 Å². The van der Waals surface area contributed by atoms with E-state index in [0.717, 1.165) is 52.4 Å². The van der Waals surface area contributed by atoms with Crippen molar-refractivity contribution in [3.63, 3.8) is 0 Å². The van der Waals surface area contributed by atoms with E-state index in [1.807, 2.05) is 116 Å². The van der Waals surface area contributed by atoms with Crippen molar-refractivity contribution in [2.45, 2.75) is 39.0 Å². The Labute approximate surface area is 260 Å². The van der Waals surface area contributed by atoms with Crippen molar-refractivity contribution in [3.05, 3.63) is 161 Å². The quantitative estimate of drug-likeness (QED) is 0.148. The van der Waals surface area contributed by atoms with Gasteiger partial charge < -0.3 is 15.2 Å². The first-order chi connectivity index (χ1) is 21.5. The Bertz CT molecular complexity index is 1590. The summed E-state index contributed by atoms with van der Waals surface area (Å²) in [6.45, 7) is 4.47. The molecule has 1 amide bonds. The predicted octanol–water partition coefficient (Wildman–Crippen LogP) is 6.93. The number of hydrogen-bond acceptors (Lipinski definition) is 5. The van der Waals surface area contributed by atoms with Crippen molar-refractivity contribution in [1.29, 1.82) is 0 Å². The van der Waals surface area contributed by atoms with E-state index in [9.17, 15) is 9.90 Å². The van der Waals surface area contributed by atoms with Crippen molar-refractivity contribution < 1.29 is 14.6 Å². The number of aliphatic hydroxyl groups is 1. The number of carbonyl (C=O) groups excluding carboxylic acids is 1. The first-order valence-corrected chi connectivity index (χ1v) is 15.0. The zero-order valence-electron chi connectivity index (χ0n) is 25.1. The van der Waals surface area contributed by atoms with Crippen LogP contribution in [-0.2, 0) is 30.8 Å².